The fraction of sp³-hybridized carbons (Fsp3) is 0.222. The standard InChI is InChI=1S/C36H34N6O4Si2/c1-21-15-24-8-7-23(21)17-43-47(3,4)30-14-9-25(16-22(30)2)42-20-38-27-11-13-29-33(35(27)42)40-36(46-29)48(5,6)44-18-31-39-32-28(45-31)12-10-26-34(32)41(24)19-37-26/h7-16,19-20H,17-18H2,1-6H3. The van der Waals surface area contributed by atoms with Gasteiger partial charge in [0.15, 0.2) is 16.7 Å². The van der Waals surface area contributed by atoms with Crippen molar-refractivity contribution in [1.29, 1.82) is 0 Å². The summed E-state index contributed by atoms with van der Waals surface area (Å²) >= 11 is 0. The normalized spacial score (nSPS) is 16.1. The molecule has 12 heteroatoms. The van der Waals surface area contributed by atoms with Crippen molar-refractivity contribution in [3.63, 3.8) is 0 Å². The lowest BCUT2D eigenvalue weighted by atomic mass is 10.1. The largest absolute Gasteiger partial charge is 0.442 e. The van der Waals surface area contributed by atoms with Crippen LogP contribution in [0.25, 0.3) is 55.6 Å². The molecule has 0 aliphatic carbocycles. The molecular weight excluding hydrogens is 637 g/mol. The molecule has 0 radical (unpaired) electrons. The maximum atomic E-state index is 6.77. The van der Waals surface area contributed by atoms with Crippen molar-refractivity contribution in [2.24, 2.45) is 0 Å². The number of benzene rings is 4. The molecule has 8 aromatic rings. The Bertz CT molecular complexity index is 2580. The lowest BCUT2D eigenvalue weighted by Gasteiger charge is -2.26. The van der Waals surface area contributed by atoms with Crippen LogP contribution in [0.3, 0.4) is 0 Å². The van der Waals surface area contributed by atoms with Gasteiger partial charge in [0.05, 0.1) is 17.6 Å². The summed E-state index contributed by atoms with van der Waals surface area (Å²) in [5.41, 5.74) is 12.5. The Morgan fingerprint density at radius 3 is 1.90 bits per heavy atom. The minimum Gasteiger partial charge on any atom is -0.442 e. The van der Waals surface area contributed by atoms with Gasteiger partial charge in [0, 0.05) is 11.4 Å². The monoisotopic (exact) mass is 670 g/mol. The molecule has 0 fully saturated rings. The van der Waals surface area contributed by atoms with Gasteiger partial charge in [0.1, 0.15) is 41.3 Å². The molecule has 8 heterocycles. The molecule has 0 amide bonds. The summed E-state index contributed by atoms with van der Waals surface area (Å²) in [6, 6.07) is 20.8. The molecule has 48 heavy (non-hydrogen) atoms. The van der Waals surface area contributed by atoms with E-state index in [1.807, 2.05) is 36.9 Å². The van der Waals surface area contributed by atoms with Gasteiger partial charge in [-0.3, -0.25) is 9.13 Å². The van der Waals surface area contributed by atoms with E-state index in [1.54, 1.807) is 0 Å². The van der Waals surface area contributed by atoms with Gasteiger partial charge in [-0.05, 0) is 110 Å². The van der Waals surface area contributed by atoms with Crippen LogP contribution >= 0.6 is 0 Å². The van der Waals surface area contributed by atoms with E-state index in [0.29, 0.717) is 29.2 Å². The Kier molecular flexibility index (Phi) is 6.28. The molecule has 0 saturated carbocycles. The minimum atomic E-state index is -2.64. The molecule has 0 spiro atoms. The average Bonchev–Trinajstić information content (AvgIpc) is 3.85. The Labute approximate surface area is 278 Å². The number of rotatable bonds is 0. The third-order valence-electron chi connectivity index (χ3n) is 9.58. The van der Waals surface area contributed by atoms with Gasteiger partial charge in [0.25, 0.3) is 8.32 Å². The highest BCUT2D eigenvalue weighted by Gasteiger charge is 2.34. The Morgan fingerprint density at radius 2 is 1.23 bits per heavy atom. The van der Waals surface area contributed by atoms with Gasteiger partial charge < -0.3 is 17.7 Å². The average molecular weight is 671 g/mol. The first-order chi connectivity index (χ1) is 23.1. The first-order valence-corrected chi connectivity index (χ1v) is 21.9. The molecule has 0 saturated heterocycles. The third-order valence-corrected chi connectivity index (χ3v) is 14.4. The van der Waals surface area contributed by atoms with E-state index in [2.05, 4.69) is 85.6 Å². The van der Waals surface area contributed by atoms with Crippen molar-refractivity contribution in [3.05, 3.63) is 95.9 Å². The molecule has 12 rings (SSSR count). The first kappa shape index (κ1) is 29.3. The number of hydrogen-bond acceptors (Lipinski definition) is 8. The summed E-state index contributed by atoms with van der Waals surface area (Å²) in [5, 5.41) is 1.26. The lowest BCUT2D eigenvalue weighted by molar-refractivity contribution is 0.260. The number of aryl methyl sites for hydroxylation is 2. The fourth-order valence-electron chi connectivity index (χ4n) is 6.84. The van der Waals surface area contributed by atoms with Crippen molar-refractivity contribution < 1.29 is 17.7 Å². The maximum Gasteiger partial charge on any atom is 0.283 e. The molecule has 4 aliphatic heterocycles. The number of imidazole rings is 2. The lowest BCUT2D eigenvalue weighted by Crippen LogP contribution is -2.46. The van der Waals surface area contributed by atoms with Gasteiger partial charge >= 0.3 is 0 Å². The van der Waals surface area contributed by atoms with Gasteiger partial charge in [0.2, 0.25) is 14.2 Å². The van der Waals surface area contributed by atoms with Crippen LogP contribution in [0.2, 0.25) is 26.2 Å². The van der Waals surface area contributed by atoms with Crippen LogP contribution in [0, 0.1) is 13.8 Å². The van der Waals surface area contributed by atoms with Crippen LogP contribution in [0.1, 0.15) is 22.6 Å². The van der Waals surface area contributed by atoms with Crippen LogP contribution in [0.5, 0.6) is 0 Å². The predicted octanol–water partition coefficient (Wildman–Crippen LogP) is 6.83. The van der Waals surface area contributed by atoms with Crippen LogP contribution in [-0.2, 0) is 22.1 Å². The summed E-state index contributed by atoms with van der Waals surface area (Å²) < 4.78 is 30.1. The summed E-state index contributed by atoms with van der Waals surface area (Å²) in [6.45, 7) is 13.7. The van der Waals surface area contributed by atoms with E-state index in [9.17, 15) is 0 Å². The second-order valence-electron chi connectivity index (χ2n) is 13.6. The van der Waals surface area contributed by atoms with Crippen molar-refractivity contribution >= 4 is 71.6 Å². The van der Waals surface area contributed by atoms with Crippen LogP contribution in [0.15, 0.2) is 82.2 Å². The van der Waals surface area contributed by atoms with E-state index >= 15 is 0 Å². The summed E-state index contributed by atoms with van der Waals surface area (Å²) in [6.07, 6.45) is 3.70. The molecule has 4 aliphatic rings. The van der Waals surface area contributed by atoms with E-state index < -0.39 is 16.6 Å². The Morgan fingerprint density at radius 1 is 0.625 bits per heavy atom. The number of aromatic nitrogens is 6. The third kappa shape index (κ3) is 4.51. The second-order valence-corrected chi connectivity index (χ2v) is 21.2. The Hall–Kier alpha value is -4.89. The predicted molar refractivity (Wildman–Crippen MR) is 191 cm³/mol. The van der Waals surface area contributed by atoms with E-state index in [4.69, 9.17) is 37.6 Å². The number of oxazole rings is 2. The van der Waals surface area contributed by atoms with Crippen molar-refractivity contribution in [3.8, 4) is 11.4 Å². The molecule has 0 N–H and O–H groups in total. The summed E-state index contributed by atoms with van der Waals surface area (Å²) in [5.74, 6) is 0.492. The molecule has 4 aromatic carbocycles. The SMILES string of the molecule is Cc1cc2ccc1CO[Si](C)(C)c1ccc(cc1C)-n1cnc3ccc4oc(nc4c31)[Si](C)(C)OCc1nc3c(ccc4ncn-2c43)o1. The molecule has 10 nitrogen and oxygen atoms in total. The molecular formula is C36H34N6O4Si2. The van der Waals surface area contributed by atoms with Crippen LogP contribution in [-0.4, -0.2) is 45.7 Å². The molecule has 0 unspecified atom stereocenters. The highest BCUT2D eigenvalue weighted by Crippen LogP contribution is 2.31. The van der Waals surface area contributed by atoms with E-state index in [1.165, 1.54) is 10.8 Å². The van der Waals surface area contributed by atoms with Gasteiger partial charge in [-0.15, -0.1) is 0 Å². The molecule has 240 valence electrons. The highest BCUT2D eigenvalue weighted by molar-refractivity contribution is 6.84. The zero-order valence-corrected chi connectivity index (χ0v) is 29.7. The topological polar surface area (TPSA) is 106 Å². The van der Waals surface area contributed by atoms with Crippen molar-refractivity contribution in [1.82, 2.24) is 29.1 Å². The summed E-state index contributed by atoms with van der Waals surface area (Å²) in [4.78, 5) is 19.4. The maximum absolute atomic E-state index is 6.77. The Balaban J connectivity index is 1.22. The first-order valence-electron chi connectivity index (χ1n) is 16.1. The summed E-state index contributed by atoms with van der Waals surface area (Å²) in [7, 11) is -4.91. The highest BCUT2D eigenvalue weighted by atomic mass is 28.4. The van der Waals surface area contributed by atoms with Crippen molar-refractivity contribution in [2.75, 3.05) is 0 Å². The molecule has 8 bridgehead atoms. The van der Waals surface area contributed by atoms with Crippen LogP contribution in [0.4, 0.5) is 0 Å². The van der Waals surface area contributed by atoms with Crippen LogP contribution < -0.4 is 10.7 Å². The zero-order chi connectivity index (χ0) is 32.9. The van der Waals surface area contributed by atoms with E-state index in [0.717, 1.165) is 55.6 Å². The minimum absolute atomic E-state index is 0.189. The molecule has 4 aromatic heterocycles. The zero-order valence-electron chi connectivity index (χ0n) is 27.7. The van der Waals surface area contributed by atoms with Gasteiger partial charge in [-0.2, -0.15) is 0 Å². The van der Waals surface area contributed by atoms with Gasteiger partial charge in [-0.1, -0.05) is 12.1 Å². The van der Waals surface area contributed by atoms with Crippen molar-refractivity contribution in [2.45, 2.75) is 53.2 Å². The smallest absolute Gasteiger partial charge is 0.283 e. The van der Waals surface area contributed by atoms with E-state index in [-0.39, 0.29) is 6.61 Å². The second kappa shape index (κ2) is 10.3. The van der Waals surface area contributed by atoms with Gasteiger partial charge in [-0.25, -0.2) is 19.9 Å². The number of hydrogen-bond donors (Lipinski definition) is 0. The molecule has 0 atom stereocenters. The quantitative estimate of drug-likeness (QED) is 0.162. The number of nitrogens with zero attached hydrogens (tertiary/aromatic N) is 6. The fourth-order valence-corrected chi connectivity index (χ4v) is 10.4.